The van der Waals surface area contributed by atoms with Gasteiger partial charge in [0.2, 0.25) is 0 Å². The Balaban J connectivity index is 1.07. The molecule has 3 N–H and O–H groups in total. The Bertz CT molecular complexity index is 1560. The van der Waals surface area contributed by atoms with Gasteiger partial charge in [-0.3, -0.25) is 0 Å². The van der Waals surface area contributed by atoms with E-state index in [0.717, 1.165) is 56.9 Å². The SMILES string of the molecule is C=C/C=C\CCC1OC2CCC3(C)OC4C(O)CC5(C)OC(CC/C=C(C)/C(C)=C/C=C/c6cccc(O)c6)C(C)CC5OC4CC3OC2CCC1(C)O. The van der Waals surface area contributed by atoms with Gasteiger partial charge in [-0.15, -0.1) is 0 Å². The fourth-order valence-corrected chi connectivity index (χ4v) is 9.46. The molecule has 8 nitrogen and oxygen atoms in total. The van der Waals surface area contributed by atoms with E-state index < -0.39 is 29.0 Å². The molecule has 0 amide bonds. The first kappa shape index (κ1) is 41.1. The predicted molar refractivity (Wildman–Crippen MR) is 213 cm³/mol. The van der Waals surface area contributed by atoms with E-state index in [1.54, 1.807) is 18.2 Å². The van der Waals surface area contributed by atoms with Gasteiger partial charge in [0.1, 0.15) is 11.9 Å². The van der Waals surface area contributed by atoms with Crippen LogP contribution in [0, 0.1) is 5.92 Å². The van der Waals surface area contributed by atoms with E-state index in [9.17, 15) is 15.3 Å². The second-order valence-corrected chi connectivity index (χ2v) is 17.5. The molecule has 5 heterocycles. The maximum absolute atomic E-state index is 11.8. The van der Waals surface area contributed by atoms with Gasteiger partial charge in [-0.2, -0.15) is 0 Å². The molecule has 0 bridgehead atoms. The Morgan fingerprint density at radius 1 is 0.889 bits per heavy atom. The second-order valence-electron chi connectivity index (χ2n) is 17.5. The van der Waals surface area contributed by atoms with Crippen molar-refractivity contribution in [2.75, 3.05) is 0 Å². The number of hydrogen-bond donors (Lipinski definition) is 3. The molecule has 0 aromatic heterocycles. The van der Waals surface area contributed by atoms with E-state index in [1.807, 2.05) is 37.3 Å². The molecule has 5 saturated heterocycles. The van der Waals surface area contributed by atoms with Crippen molar-refractivity contribution >= 4 is 6.08 Å². The summed E-state index contributed by atoms with van der Waals surface area (Å²) in [5.41, 5.74) is 1.24. The third-order valence-corrected chi connectivity index (χ3v) is 13.1. The molecule has 13 unspecified atom stereocenters. The van der Waals surface area contributed by atoms with Crippen molar-refractivity contribution in [2.45, 2.75) is 184 Å². The Kier molecular flexibility index (Phi) is 13.2. The van der Waals surface area contributed by atoms with Crippen LogP contribution in [0.1, 0.15) is 118 Å². The molecule has 54 heavy (non-hydrogen) atoms. The average Bonchev–Trinajstić information content (AvgIpc) is 3.38. The number of phenols is 1. The topological polar surface area (TPSA) is 107 Å². The van der Waals surface area contributed by atoms with Gasteiger partial charge in [0.15, 0.2) is 0 Å². The van der Waals surface area contributed by atoms with Gasteiger partial charge < -0.3 is 39.0 Å². The van der Waals surface area contributed by atoms with Gasteiger partial charge in [-0.25, -0.2) is 0 Å². The van der Waals surface area contributed by atoms with Crippen LogP contribution >= 0.6 is 0 Å². The molecule has 0 saturated carbocycles. The number of aliphatic hydroxyl groups is 2. The Labute approximate surface area is 324 Å². The minimum Gasteiger partial charge on any atom is -0.508 e. The van der Waals surface area contributed by atoms with Crippen LogP contribution in [-0.2, 0) is 23.7 Å². The molecule has 0 radical (unpaired) electrons. The molecule has 8 heteroatoms. The van der Waals surface area contributed by atoms with Gasteiger partial charge >= 0.3 is 0 Å². The summed E-state index contributed by atoms with van der Waals surface area (Å²) < 4.78 is 34.4. The summed E-state index contributed by atoms with van der Waals surface area (Å²) in [5.74, 6) is 0.564. The number of aliphatic hydroxyl groups excluding tert-OH is 1. The molecule has 6 rings (SSSR count). The minimum atomic E-state index is -0.929. The average molecular weight is 747 g/mol. The Morgan fingerprint density at radius 3 is 2.41 bits per heavy atom. The summed E-state index contributed by atoms with van der Waals surface area (Å²) in [4.78, 5) is 0. The largest absolute Gasteiger partial charge is 0.508 e. The minimum absolute atomic E-state index is 0.0558. The Hall–Kier alpha value is -2.56. The molecular weight excluding hydrogens is 680 g/mol. The lowest BCUT2D eigenvalue weighted by Crippen LogP contribution is -2.59. The maximum Gasteiger partial charge on any atom is 0.116 e. The molecule has 5 fully saturated rings. The maximum atomic E-state index is 11.8. The van der Waals surface area contributed by atoms with Crippen LogP contribution in [0.15, 0.2) is 78.4 Å². The number of fused-ring (bicyclic) bond motifs is 4. The van der Waals surface area contributed by atoms with Crippen LogP contribution in [0.25, 0.3) is 6.08 Å². The molecule has 0 spiro atoms. The summed E-state index contributed by atoms with van der Waals surface area (Å²) in [6.07, 6.45) is 19.9. The van der Waals surface area contributed by atoms with Crippen LogP contribution in [0.3, 0.4) is 0 Å². The summed E-state index contributed by atoms with van der Waals surface area (Å²) >= 11 is 0. The number of rotatable bonds is 10. The summed E-state index contributed by atoms with van der Waals surface area (Å²) in [6, 6.07) is 7.23. The summed E-state index contributed by atoms with van der Waals surface area (Å²) in [6.45, 7) is 16.4. The normalized spacial score (nSPS) is 41.9. The van der Waals surface area contributed by atoms with Crippen LogP contribution in [0.2, 0.25) is 0 Å². The van der Waals surface area contributed by atoms with E-state index in [4.69, 9.17) is 23.7 Å². The highest BCUT2D eigenvalue weighted by molar-refractivity contribution is 5.53. The zero-order valence-corrected chi connectivity index (χ0v) is 33.5. The predicted octanol–water partition coefficient (Wildman–Crippen LogP) is 8.70. The third-order valence-electron chi connectivity index (χ3n) is 13.1. The zero-order valence-electron chi connectivity index (χ0n) is 33.5. The highest BCUT2D eigenvalue weighted by Gasteiger charge is 2.58. The van der Waals surface area contributed by atoms with Gasteiger partial charge in [-0.05, 0) is 122 Å². The number of aromatic hydroxyl groups is 1. The monoisotopic (exact) mass is 746 g/mol. The molecule has 1 aromatic rings. The number of hydrogen-bond acceptors (Lipinski definition) is 8. The number of ether oxygens (including phenoxy) is 5. The summed E-state index contributed by atoms with van der Waals surface area (Å²) in [5, 5.41) is 32.9. The molecule has 5 aliphatic rings. The van der Waals surface area contributed by atoms with E-state index in [-0.39, 0.29) is 48.5 Å². The number of benzene rings is 1. The fourth-order valence-electron chi connectivity index (χ4n) is 9.46. The van der Waals surface area contributed by atoms with Crippen LogP contribution in [-0.4, -0.2) is 87.1 Å². The van der Waals surface area contributed by atoms with Gasteiger partial charge in [0.05, 0.1) is 65.6 Å². The first-order valence-electron chi connectivity index (χ1n) is 20.5. The second kappa shape index (κ2) is 17.3. The first-order chi connectivity index (χ1) is 25.7. The molecule has 13 atom stereocenters. The lowest BCUT2D eigenvalue weighted by atomic mass is 9.79. The van der Waals surface area contributed by atoms with Crippen molar-refractivity contribution in [3.8, 4) is 5.75 Å². The molecule has 5 aliphatic heterocycles. The zero-order chi connectivity index (χ0) is 38.7. The quantitative estimate of drug-likeness (QED) is 0.204. The fraction of sp³-hybridized carbons (Fsp3) is 0.652. The lowest BCUT2D eigenvalue weighted by Gasteiger charge is -2.49. The molecule has 0 aliphatic carbocycles. The molecule has 298 valence electrons. The first-order valence-corrected chi connectivity index (χ1v) is 20.5. The van der Waals surface area contributed by atoms with Crippen molar-refractivity contribution < 1.29 is 39.0 Å². The molecular formula is C46H66O8. The number of allylic oxidation sites excluding steroid dienone is 8. The van der Waals surface area contributed by atoms with Gasteiger partial charge in [0.25, 0.3) is 0 Å². The van der Waals surface area contributed by atoms with E-state index in [2.05, 4.69) is 59.4 Å². The van der Waals surface area contributed by atoms with Crippen molar-refractivity contribution in [3.05, 3.63) is 84.0 Å². The van der Waals surface area contributed by atoms with Gasteiger partial charge in [-0.1, -0.05) is 73.7 Å². The smallest absolute Gasteiger partial charge is 0.116 e. The third kappa shape index (κ3) is 9.51. The van der Waals surface area contributed by atoms with Crippen molar-refractivity contribution in [1.82, 2.24) is 0 Å². The summed E-state index contributed by atoms with van der Waals surface area (Å²) in [7, 11) is 0. The van der Waals surface area contributed by atoms with Crippen LogP contribution in [0.5, 0.6) is 5.75 Å². The van der Waals surface area contributed by atoms with Crippen LogP contribution in [0.4, 0.5) is 0 Å². The highest BCUT2D eigenvalue weighted by Crippen LogP contribution is 2.49. The van der Waals surface area contributed by atoms with E-state index in [0.29, 0.717) is 25.2 Å². The lowest BCUT2D eigenvalue weighted by molar-refractivity contribution is -0.273. The van der Waals surface area contributed by atoms with Gasteiger partial charge in [0, 0.05) is 12.8 Å². The van der Waals surface area contributed by atoms with Crippen molar-refractivity contribution in [2.24, 2.45) is 5.92 Å². The highest BCUT2D eigenvalue weighted by atomic mass is 16.6. The van der Waals surface area contributed by atoms with E-state index in [1.165, 1.54) is 11.1 Å². The van der Waals surface area contributed by atoms with Crippen molar-refractivity contribution in [3.63, 3.8) is 0 Å². The molecule has 1 aromatic carbocycles. The van der Waals surface area contributed by atoms with Crippen LogP contribution < -0.4 is 0 Å². The standard InChI is InChI=1S/C46H66O8/c1-8-9-10-11-21-40-44(5,49)24-22-37-38(50-40)23-25-45(6)42(51-37)28-39-43(54-45)35(48)29-46(7)41(52-39)26-32(4)36(53-46)20-13-16-31(3)30(2)15-12-17-33-18-14-19-34(47)27-33/h8-10,12,14-19,27,32,35-43,47-49H,1,11,13,20-26,28-29H2,2-7H3/b10-9-,17-12+,30-15+,31-16+. The Morgan fingerprint density at radius 2 is 1.63 bits per heavy atom. The van der Waals surface area contributed by atoms with Crippen molar-refractivity contribution in [1.29, 1.82) is 0 Å². The number of phenolic OH excluding ortho intramolecular Hbond substituents is 1. The van der Waals surface area contributed by atoms with E-state index >= 15 is 0 Å².